The number of amides is 2. The molecule has 3 unspecified atom stereocenters. The third kappa shape index (κ3) is 8.74. The van der Waals surface area contributed by atoms with E-state index in [2.05, 4.69) is 15.6 Å². The first-order chi connectivity index (χ1) is 22.6. The van der Waals surface area contributed by atoms with Crippen molar-refractivity contribution in [3.05, 3.63) is 150 Å². The molecule has 0 saturated carbocycles. The van der Waals surface area contributed by atoms with Crippen molar-refractivity contribution < 1.29 is 24.1 Å². The van der Waals surface area contributed by atoms with Crippen molar-refractivity contribution in [3.63, 3.8) is 0 Å². The summed E-state index contributed by atoms with van der Waals surface area (Å²) in [5, 5.41) is 16.2. The van der Waals surface area contributed by atoms with Gasteiger partial charge in [-0.05, 0) is 65.2 Å². The van der Waals surface area contributed by atoms with Gasteiger partial charge in [0.2, 0.25) is 0 Å². The van der Waals surface area contributed by atoms with E-state index in [0.717, 1.165) is 38.8 Å². The number of thioether (sulfide) groups is 1. The highest BCUT2D eigenvalue weighted by molar-refractivity contribution is 7.99. The third-order valence-corrected chi connectivity index (χ3v) is 8.54. The van der Waals surface area contributed by atoms with Crippen LogP contribution in [0.4, 0.5) is 10.5 Å². The normalized spacial score (nSPS) is 17.6. The number of hydrogen-bond acceptors (Lipinski definition) is 7. The van der Waals surface area contributed by atoms with Gasteiger partial charge >= 0.3 is 6.03 Å². The van der Waals surface area contributed by atoms with Crippen LogP contribution in [0.2, 0.25) is 0 Å². The van der Waals surface area contributed by atoms with Crippen molar-refractivity contribution in [1.29, 1.82) is 0 Å². The molecule has 4 aromatic carbocycles. The number of nitrogens with one attached hydrogen (secondary N) is 2. The van der Waals surface area contributed by atoms with Crippen LogP contribution >= 0.6 is 11.8 Å². The highest BCUT2D eigenvalue weighted by Gasteiger charge is 2.32. The predicted octanol–water partition coefficient (Wildman–Crippen LogP) is 8.03. The molecular weight excluding hydrogens is 598 g/mol. The first-order valence-electron chi connectivity index (χ1n) is 15.1. The Morgan fingerprint density at radius 1 is 0.804 bits per heavy atom. The summed E-state index contributed by atoms with van der Waals surface area (Å²) in [4.78, 5) is 17.0. The van der Waals surface area contributed by atoms with Crippen LogP contribution in [-0.4, -0.2) is 28.0 Å². The second kappa shape index (κ2) is 15.6. The molecule has 1 aromatic heterocycles. The van der Waals surface area contributed by atoms with E-state index in [0.29, 0.717) is 24.4 Å². The fraction of sp³-hybridized carbons (Fsp3) is 0.189. The number of aliphatic hydroxyl groups is 1. The highest BCUT2D eigenvalue weighted by atomic mass is 32.2. The molecule has 0 spiro atoms. The minimum absolute atomic E-state index is 0.00145. The number of carbonyl (C=O) groups is 1. The summed E-state index contributed by atoms with van der Waals surface area (Å²) in [5.41, 5.74) is 4.41. The van der Waals surface area contributed by atoms with Crippen molar-refractivity contribution in [1.82, 2.24) is 10.3 Å². The molecule has 0 aliphatic carbocycles. The zero-order valence-corrected chi connectivity index (χ0v) is 25.9. The van der Waals surface area contributed by atoms with Crippen LogP contribution in [-0.2, 0) is 22.6 Å². The Morgan fingerprint density at radius 3 is 2.22 bits per heavy atom. The maximum Gasteiger partial charge on any atom is 0.319 e. The molecule has 3 atom stereocenters. The number of carbonyl (C=O) groups excluding carboxylic acids is 1. The number of rotatable bonds is 11. The van der Waals surface area contributed by atoms with E-state index in [4.69, 9.17) is 14.2 Å². The van der Waals surface area contributed by atoms with Crippen molar-refractivity contribution >= 4 is 23.5 Å². The number of pyridine rings is 1. The minimum Gasteiger partial charge on any atom is -0.457 e. The summed E-state index contributed by atoms with van der Waals surface area (Å²) in [6.07, 6.45) is 1.72. The van der Waals surface area contributed by atoms with Gasteiger partial charge < -0.3 is 30.0 Å². The molecule has 1 aliphatic rings. The van der Waals surface area contributed by atoms with Crippen LogP contribution in [0, 0.1) is 0 Å². The van der Waals surface area contributed by atoms with Gasteiger partial charge in [0.1, 0.15) is 11.5 Å². The summed E-state index contributed by atoms with van der Waals surface area (Å²) in [7, 11) is 0. The Labute approximate surface area is 272 Å². The molecule has 234 valence electrons. The standard InChI is InChI=1S/C37H35N3O5S/c41-24-27-11-13-28(14-12-27)34-22-33(25-46-35-8-4-5-21-38-35)44-36(45-34)29-15-9-26(10-16-29)23-39-37(42)40-30-17-19-32(20-18-30)43-31-6-2-1-3-7-31/h1-21,33-34,36,41H,22-25H2,(H2,39,40,42). The number of urea groups is 1. The number of ether oxygens (including phenoxy) is 3. The number of nitrogens with zero attached hydrogens (tertiary/aromatic N) is 1. The number of aromatic nitrogens is 1. The molecule has 2 heterocycles. The number of aliphatic hydroxyl groups excluding tert-OH is 1. The Bertz CT molecular complexity index is 1670. The molecule has 2 amide bonds. The molecule has 6 rings (SSSR count). The van der Waals surface area contributed by atoms with Crippen molar-refractivity contribution in [3.8, 4) is 11.5 Å². The molecule has 1 aliphatic heterocycles. The van der Waals surface area contributed by atoms with Crippen LogP contribution in [0.15, 0.2) is 133 Å². The van der Waals surface area contributed by atoms with Gasteiger partial charge in [-0.1, -0.05) is 72.8 Å². The Kier molecular flexibility index (Phi) is 10.6. The lowest BCUT2D eigenvalue weighted by Crippen LogP contribution is -2.31. The second-order valence-electron chi connectivity index (χ2n) is 10.8. The Balaban J connectivity index is 1.04. The van der Waals surface area contributed by atoms with Crippen LogP contribution in [0.25, 0.3) is 0 Å². The maximum absolute atomic E-state index is 12.6. The van der Waals surface area contributed by atoms with E-state index in [1.165, 1.54) is 0 Å². The van der Waals surface area contributed by atoms with Gasteiger partial charge in [0.25, 0.3) is 0 Å². The van der Waals surface area contributed by atoms with Crippen LogP contribution in [0.3, 0.4) is 0 Å². The number of hydrogen-bond donors (Lipinski definition) is 3. The third-order valence-electron chi connectivity index (χ3n) is 7.47. The van der Waals surface area contributed by atoms with Gasteiger partial charge in [-0.2, -0.15) is 0 Å². The lowest BCUT2D eigenvalue weighted by Gasteiger charge is -2.36. The molecule has 46 heavy (non-hydrogen) atoms. The molecule has 0 bridgehead atoms. The first-order valence-corrected chi connectivity index (χ1v) is 16.1. The summed E-state index contributed by atoms with van der Waals surface area (Å²) in [6.45, 7) is 0.359. The van der Waals surface area contributed by atoms with Gasteiger partial charge in [-0.15, -0.1) is 11.8 Å². The van der Waals surface area contributed by atoms with E-state index in [-0.39, 0.29) is 24.8 Å². The predicted molar refractivity (Wildman–Crippen MR) is 179 cm³/mol. The maximum atomic E-state index is 12.6. The monoisotopic (exact) mass is 633 g/mol. The van der Waals surface area contributed by atoms with Gasteiger partial charge in [0.05, 0.1) is 23.8 Å². The largest absolute Gasteiger partial charge is 0.457 e. The molecule has 0 radical (unpaired) electrons. The van der Waals surface area contributed by atoms with Gasteiger partial charge in [0, 0.05) is 36.2 Å². The highest BCUT2D eigenvalue weighted by Crippen LogP contribution is 2.39. The van der Waals surface area contributed by atoms with Crippen molar-refractivity contribution in [2.24, 2.45) is 0 Å². The van der Waals surface area contributed by atoms with Gasteiger partial charge in [-0.3, -0.25) is 0 Å². The fourth-order valence-corrected chi connectivity index (χ4v) is 5.90. The van der Waals surface area contributed by atoms with Crippen LogP contribution in [0.5, 0.6) is 11.5 Å². The summed E-state index contributed by atoms with van der Waals surface area (Å²) in [5.74, 6) is 2.18. The molecule has 5 aromatic rings. The Morgan fingerprint density at radius 2 is 1.50 bits per heavy atom. The molecular formula is C37H35N3O5S. The van der Waals surface area contributed by atoms with E-state index >= 15 is 0 Å². The zero-order valence-electron chi connectivity index (χ0n) is 25.1. The average Bonchev–Trinajstić information content (AvgIpc) is 3.12. The molecule has 1 saturated heterocycles. The van der Waals surface area contributed by atoms with E-state index in [9.17, 15) is 9.90 Å². The average molecular weight is 634 g/mol. The zero-order chi connectivity index (χ0) is 31.6. The topological polar surface area (TPSA) is 102 Å². The number of anilines is 1. The van der Waals surface area contributed by atoms with Crippen molar-refractivity contribution in [2.45, 2.75) is 43.1 Å². The van der Waals surface area contributed by atoms with Crippen molar-refractivity contribution in [2.75, 3.05) is 11.1 Å². The second-order valence-corrected chi connectivity index (χ2v) is 11.9. The quantitative estimate of drug-likeness (QED) is 0.127. The molecule has 8 nitrogen and oxygen atoms in total. The smallest absolute Gasteiger partial charge is 0.319 e. The number of para-hydroxylation sites is 1. The first kappa shape index (κ1) is 31.3. The summed E-state index contributed by atoms with van der Waals surface area (Å²) < 4.78 is 18.7. The number of benzene rings is 4. The summed E-state index contributed by atoms with van der Waals surface area (Å²) >= 11 is 1.66. The van der Waals surface area contributed by atoms with Gasteiger partial charge in [-0.25, -0.2) is 9.78 Å². The lowest BCUT2D eigenvalue weighted by atomic mass is 10.0. The van der Waals surface area contributed by atoms with Gasteiger partial charge in [0.15, 0.2) is 6.29 Å². The van der Waals surface area contributed by atoms with E-state index in [1.54, 1.807) is 30.1 Å². The van der Waals surface area contributed by atoms with E-state index in [1.807, 2.05) is 109 Å². The molecule has 1 fully saturated rings. The SMILES string of the molecule is O=C(NCc1ccc(C2OC(CSc3ccccn3)CC(c3ccc(CO)cc3)O2)cc1)Nc1ccc(Oc2ccccc2)cc1. The fourth-order valence-electron chi connectivity index (χ4n) is 5.01. The lowest BCUT2D eigenvalue weighted by molar-refractivity contribution is -0.245. The molecule has 9 heteroatoms. The van der Waals surface area contributed by atoms with E-state index < -0.39 is 6.29 Å². The summed E-state index contributed by atoms with van der Waals surface area (Å²) in [6, 6.07) is 38.1. The minimum atomic E-state index is -0.551. The van der Waals surface area contributed by atoms with Crippen LogP contribution < -0.4 is 15.4 Å². The molecule has 3 N–H and O–H groups in total. The Hall–Kier alpha value is -4.67. The van der Waals surface area contributed by atoms with Crippen LogP contribution in [0.1, 0.15) is 41.1 Å².